The fraction of sp³-hybridized carbons (Fsp3) is 0. The van der Waals surface area contributed by atoms with E-state index in [1.165, 1.54) is 76.5 Å². The quantitative estimate of drug-likeness (QED) is 0.129. The molecule has 0 amide bonds. The minimum atomic E-state index is 0.907. The number of benzene rings is 10. The molecule has 60 heavy (non-hydrogen) atoms. The maximum Gasteiger partial charge on any atom is 0.0972 e. The summed E-state index contributed by atoms with van der Waals surface area (Å²) < 4.78 is 0. The van der Waals surface area contributed by atoms with Crippen LogP contribution in [0, 0.1) is 0 Å². The molecule has 0 saturated heterocycles. The molecular formula is C58H36N2. The fourth-order valence-electron chi connectivity index (χ4n) is 9.56. The summed E-state index contributed by atoms with van der Waals surface area (Å²) in [7, 11) is 0. The van der Waals surface area contributed by atoms with Crippen LogP contribution >= 0.6 is 0 Å². The minimum absolute atomic E-state index is 0.907. The Kier molecular flexibility index (Phi) is 7.89. The van der Waals surface area contributed by atoms with E-state index in [1.54, 1.807) is 0 Å². The molecule has 0 unspecified atom stereocenters. The number of fused-ring (bicyclic) bond motifs is 7. The highest BCUT2D eigenvalue weighted by Crippen LogP contribution is 2.48. The lowest BCUT2D eigenvalue weighted by Crippen LogP contribution is -1.95. The lowest BCUT2D eigenvalue weighted by Gasteiger charge is -2.20. The number of pyridine rings is 2. The first-order chi connectivity index (χ1) is 29.8. The molecule has 0 bridgehead atoms. The van der Waals surface area contributed by atoms with Gasteiger partial charge in [-0.1, -0.05) is 200 Å². The summed E-state index contributed by atoms with van der Waals surface area (Å²) >= 11 is 0. The number of aromatic nitrogens is 2. The van der Waals surface area contributed by atoms with E-state index >= 15 is 0 Å². The predicted octanol–water partition coefficient (Wildman–Crippen LogP) is 15.7. The SMILES string of the molecule is c1ccc(-c2ccc3ccc4ccc(-c5c6ccccc6c(-c6ccc7c(-c8ccccc8)c8ccccc8c(-c8ccccc8)c7c6)c6ccccc56)nc4c3n2)cc1. The van der Waals surface area contributed by atoms with Crippen LogP contribution < -0.4 is 0 Å². The van der Waals surface area contributed by atoms with Crippen LogP contribution in [-0.4, -0.2) is 9.97 Å². The van der Waals surface area contributed by atoms with E-state index in [9.17, 15) is 0 Å². The molecule has 0 atom stereocenters. The predicted molar refractivity (Wildman–Crippen MR) is 254 cm³/mol. The first kappa shape index (κ1) is 34.1. The largest absolute Gasteiger partial charge is 0.245 e. The summed E-state index contributed by atoms with van der Waals surface area (Å²) in [6.07, 6.45) is 0. The van der Waals surface area contributed by atoms with Crippen molar-refractivity contribution in [1.82, 2.24) is 9.97 Å². The third-order valence-corrected chi connectivity index (χ3v) is 12.2. The zero-order valence-corrected chi connectivity index (χ0v) is 32.7. The molecule has 2 aromatic heterocycles. The normalized spacial score (nSPS) is 11.7. The van der Waals surface area contributed by atoms with Crippen molar-refractivity contribution >= 4 is 64.9 Å². The molecule has 0 aliphatic heterocycles. The molecule has 0 spiro atoms. The van der Waals surface area contributed by atoms with E-state index in [4.69, 9.17) is 9.97 Å². The third-order valence-electron chi connectivity index (χ3n) is 12.2. The van der Waals surface area contributed by atoms with Gasteiger partial charge in [0.2, 0.25) is 0 Å². The molecule has 0 aliphatic carbocycles. The van der Waals surface area contributed by atoms with Gasteiger partial charge in [0, 0.05) is 21.9 Å². The molecule has 12 rings (SSSR count). The van der Waals surface area contributed by atoms with Gasteiger partial charge in [-0.15, -0.1) is 0 Å². The molecular weight excluding hydrogens is 725 g/mol. The average molecular weight is 761 g/mol. The highest BCUT2D eigenvalue weighted by molar-refractivity contribution is 6.25. The number of rotatable bonds is 5. The molecule has 2 heteroatoms. The van der Waals surface area contributed by atoms with E-state index in [0.717, 1.165) is 44.3 Å². The van der Waals surface area contributed by atoms with Crippen molar-refractivity contribution in [3.05, 3.63) is 218 Å². The monoisotopic (exact) mass is 760 g/mol. The Labute approximate surface area is 347 Å². The highest BCUT2D eigenvalue weighted by atomic mass is 14.8. The molecule has 0 aliphatic rings. The molecule has 0 saturated carbocycles. The van der Waals surface area contributed by atoms with Gasteiger partial charge < -0.3 is 0 Å². The van der Waals surface area contributed by atoms with Gasteiger partial charge in [-0.3, -0.25) is 0 Å². The first-order valence-corrected chi connectivity index (χ1v) is 20.6. The van der Waals surface area contributed by atoms with Crippen molar-refractivity contribution in [2.75, 3.05) is 0 Å². The number of hydrogen-bond acceptors (Lipinski definition) is 2. The van der Waals surface area contributed by atoms with Crippen LogP contribution in [0.4, 0.5) is 0 Å². The summed E-state index contributed by atoms with van der Waals surface area (Å²) in [5, 5.41) is 11.9. The summed E-state index contributed by atoms with van der Waals surface area (Å²) in [6, 6.07) is 78.8. The van der Waals surface area contributed by atoms with Crippen LogP contribution in [0.5, 0.6) is 0 Å². The van der Waals surface area contributed by atoms with Crippen molar-refractivity contribution in [1.29, 1.82) is 0 Å². The lowest BCUT2D eigenvalue weighted by molar-refractivity contribution is 1.37. The van der Waals surface area contributed by atoms with E-state index in [1.807, 2.05) is 6.07 Å². The van der Waals surface area contributed by atoms with Crippen molar-refractivity contribution < 1.29 is 0 Å². The molecule has 2 nitrogen and oxygen atoms in total. The van der Waals surface area contributed by atoms with Gasteiger partial charge in [-0.2, -0.15) is 0 Å². The Morgan fingerprint density at radius 1 is 0.217 bits per heavy atom. The second-order valence-electron chi connectivity index (χ2n) is 15.6. The highest BCUT2D eigenvalue weighted by Gasteiger charge is 2.21. The van der Waals surface area contributed by atoms with Gasteiger partial charge in [0.25, 0.3) is 0 Å². The lowest BCUT2D eigenvalue weighted by atomic mass is 9.83. The third kappa shape index (κ3) is 5.42. The summed E-state index contributed by atoms with van der Waals surface area (Å²) in [4.78, 5) is 10.7. The topological polar surface area (TPSA) is 25.8 Å². The van der Waals surface area contributed by atoms with E-state index in [0.29, 0.717) is 0 Å². The Bertz CT molecular complexity index is 3570. The number of nitrogens with zero attached hydrogens (tertiary/aromatic N) is 2. The molecule has 2 heterocycles. The maximum atomic E-state index is 5.50. The molecule has 0 N–H and O–H groups in total. The van der Waals surface area contributed by atoms with Gasteiger partial charge in [-0.05, 0) is 94.7 Å². The van der Waals surface area contributed by atoms with E-state index in [-0.39, 0.29) is 0 Å². The Hall–Kier alpha value is -7.94. The minimum Gasteiger partial charge on any atom is -0.245 e. The van der Waals surface area contributed by atoms with Gasteiger partial charge >= 0.3 is 0 Å². The van der Waals surface area contributed by atoms with Crippen LogP contribution in [0.25, 0.3) is 121 Å². The fourth-order valence-corrected chi connectivity index (χ4v) is 9.56. The molecule has 10 aromatic carbocycles. The second-order valence-corrected chi connectivity index (χ2v) is 15.6. The van der Waals surface area contributed by atoms with E-state index < -0.39 is 0 Å². The van der Waals surface area contributed by atoms with Crippen LogP contribution in [-0.2, 0) is 0 Å². The summed E-state index contributed by atoms with van der Waals surface area (Å²) in [5.41, 5.74) is 13.3. The Balaban J connectivity index is 1.14. The average Bonchev–Trinajstić information content (AvgIpc) is 3.32. The zero-order valence-electron chi connectivity index (χ0n) is 32.7. The van der Waals surface area contributed by atoms with E-state index in [2.05, 4.69) is 212 Å². The van der Waals surface area contributed by atoms with Crippen LogP contribution in [0.3, 0.4) is 0 Å². The molecule has 0 fully saturated rings. The Morgan fingerprint density at radius 2 is 0.567 bits per heavy atom. The number of hydrogen-bond donors (Lipinski definition) is 0. The Morgan fingerprint density at radius 3 is 1.07 bits per heavy atom. The second kappa shape index (κ2) is 13.9. The molecule has 12 aromatic rings. The van der Waals surface area contributed by atoms with Crippen LogP contribution in [0.15, 0.2) is 218 Å². The van der Waals surface area contributed by atoms with Gasteiger partial charge in [0.15, 0.2) is 0 Å². The van der Waals surface area contributed by atoms with Crippen molar-refractivity contribution in [3.63, 3.8) is 0 Å². The van der Waals surface area contributed by atoms with Crippen molar-refractivity contribution in [2.24, 2.45) is 0 Å². The molecule has 278 valence electrons. The standard InChI is InChI=1S/C58H36N2/c1-4-16-37(17-5-1)51-34-31-40-28-29-41-32-35-52(60-58(41)57(40)59-51)56-47-26-14-12-24-45(47)55(46-25-13-15-27-48(46)56)42-30-33-49-50(36-42)54(39-20-8-3-9-21-39)44-23-11-10-22-43(44)53(49)38-18-6-2-7-19-38/h1-36H. The van der Waals surface area contributed by atoms with Crippen LogP contribution in [0.2, 0.25) is 0 Å². The molecule has 0 radical (unpaired) electrons. The first-order valence-electron chi connectivity index (χ1n) is 20.6. The van der Waals surface area contributed by atoms with Gasteiger partial charge in [0.1, 0.15) is 0 Å². The maximum absolute atomic E-state index is 5.50. The summed E-state index contributed by atoms with van der Waals surface area (Å²) in [6.45, 7) is 0. The van der Waals surface area contributed by atoms with Gasteiger partial charge in [0.05, 0.1) is 22.4 Å². The smallest absolute Gasteiger partial charge is 0.0972 e. The van der Waals surface area contributed by atoms with Gasteiger partial charge in [-0.25, -0.2) is 9.97 Å². The van der Waals surface area contributed by atoms with Crippen LogP contribution in [0.1, 0.15) is 0 Å². The summed E-state index contributed by atoms with van der Waals surface area (Å²) in [5.74, 6) is 0. The van der Waals surface area contributed by atoms with Crippen molar-refractivity contribution in [3.8, 4) is 55.9 Å². The zero-order chi connectivity index (χ0) is 39.6. The van der Waals surface area contributed by atoms with Crippen molar-refractivity contribution in [2.45, 2.75) is 0 Å².